The van der Waals surface area contributed by atoms with Gasteiger partial charge in [0.1, 0.15) is 6.54 Å². The Kier molecular flexibility index (Phi) is 4.73. The van der Waals surface area contributed by atoms with Gasteiger partial charge in [-0.05, 0) is 24.7 Å². The Hall–Kier alpha value is -1.79. The molecule has 1 fully saturated rings. The van der Waals surface area contributed by atoms with E-state index in [0.29, 0.717) is 16.5 Å². The number of carbonyl (C=O) groups excluding carboxylic acids is 2. The number of anilines is 1. The average molecular weight is 338 g/mol. The number of hydrogen-bond acceptors (Lipinski definition) is 5. The summed E-state index contributed by atoms with van der Waals surface area (Å²) in [5.41, 5.74) is 0.692. The van der Waals surface area contributed by atoms with Gasteiger partial charge in [0, 0.05) is 31.2 Å². The first-order valence-corrected chi connectivity index (χ1v) is 8.20. The van der Waals surface area contributed by atoms with Crippen LogP contribution in [-0.2, 0) is 9.59 Å². The normalized spacial score (nSPS) is 18.6. The highest BCUT2D eigenvalue weighted by atomic mass is 35.5. The van der Waals surface area contributed by atoms with Gasteiger partial charge in [-0.3, -0.25) is 4.79 Å². The number of fused-ring (bicyclic) bond motifs is 1. The number of ether oxygens (including phenoxy) is 1. The molecule has 0 aliphatic carbocycles. The van der Waals surface area contributed by atoms with E-state index in [2.05, 4.69) is 11.8 Å². The summed E-state index contributed by atoms with van der Waals surface area (Å²) in [6, 6.07) is 5.06. The minimum absolute atomic E-state index is 0.0291. The summed E-state index contributed by atoms with van der Waals surface area (Å²) in [5.74, 6) is 0.124. The smallest absolute Gasteiger partial charge is 0.331 e. The highest BCUT2D eigenvalue weighted by Crippen LogP contribution is 2.34. The fourth-order valence-corrected chi connectivity index (χ4v) is 3.10. The molecule has 0 atom stereocenters. The second-order valence-electron chi connectivity index (χ2n) is 5.76. The molecule has 0 spiro atoms. The van der Waals surface area contributed by atoms with Crippen molar-refractivity contribution in [1.82, 2.24) is 9.80 Å². The monoisotopic (exact) mass is 337 g/mol. The van der Waals surface area contributed by atoms with Crippen LogP contribution in [0.25, 0.3) is 0 Å². The molecule has 1 aromatic rings. The van der Waals surface area contributed by atoms with Gasteiger partial charge in [0.25, 0.3) is 0 Å². The van der Waals surface area contributed by atoms with Gasteiger partial charge in [0.2, 0.25) is 5.91 Å². The lowest BCUT2D eigenvalue weighted by molar-refractivity contribution is -0.134. The van der Waals surface area contributed by atoms with Gasteiger partial charge in [-0.25, -0.2) is 4.79 Å². The van der Waals surface area contributed by atoms with Crippen LogP contribution in [0.1, 0.15) is 6.92 Å². The molecule has 2 aliphatic rings. The zero-order valence-electron chi connectivity index (χ0n) is 13.1. The SMILES string of the molecule is CCN1CCN(C(=O)CN2CC(=O)Oc3ccc(Cl)cc32)CC1. The van der Waals surface area contributed by atoms with Crippen molar-refractivity contribution in [2.75, 3.05) is 50.7 Å². The van der Waals surface area contributed by atoms with Crippen LogP contribution >= 0.6 is 11.6 Å². The van der Waals surface area contributed by atoms with Crippen LogP contribution in [0.5, 0.6) is 5.75 Å². The molecule has 0 saturated carbocycles. The Morgan fingerprint density at radius 3 is 2.70 bits per heavy atom. The molecule has 124 valence electrons. The van der Waals surface area contributed by atoms with Crippen molar-refractivity contribution in [1.29, 1.82) is 0 Å². The molecule has 6 nitrogen and oxygen atoms in total. The molecule has 0 unspecified atom stereocenters. The summed E-state index contributed by atoms with van der Waals surface area (Å²) < 4.78 is 5.20. The van der Waals surface area contributed by atoms with Crippen molar-refractivity contribution in [2.24, 2.45) is 0 Å². The number of halogens is 1. The van der Waals surface area contributed by atoms with Crippen LogP contribution in [0, 0.1) is 0 Å². The molecule has 0 bridgehead atoms. The maximum Gasteiger partial charge on any atom is 0.331 e. The quantitative estimate of drug-likeness (QED) is 0.613. The fourth-order valence-electron chi connectivity index (χ4n) is 2.94. The second kappa shape index (κ2) is 6.76. The number of amides is 1. The molecule has 3 rings (SSSR count). The number of hydrogen-bond donors (Lipinski definition) is 0. The topological polar surface area (TPSA) is 53.1 Å². The molecule has 7 heteroatoms. The average Bonchev–Trinajstić information content (AvgIpc) is 2.55. The molecule has 0 N–H and O–H groups in total. The predicted molar refractivity (Wildman–Crippen MR) is 88.0 cm³/mol. The number of likely N-dealkylation sites (N-methyl/N-ethyl adjacent to an activating group) is 1. The second-order valence-corrected chi connectivity index (χ2v) is 6.19. The van der Waals surface area contributed by atoms with Crippen LogP contribution in [0.15, 0.2) is 18.2 Å². The number of rotatable bonds is 3. The van der Waals surface area contributed by atoms with Crippen molar-refractivity contribution < 1.29 is 14.3 Å². The third kappa shape index (κ3) is 3.59. The molecule has 0 aromatic heterocycles. The van der Waals surface area contributed by atoms with Crippen molar-refractivity contribution in [3.63, 3.8) is 0 Å². The molecule has 1 amide bonds. The van der Waals surface area contributed by atoms with Crippen LogP contribution in [-0.4, -0.2) is 67.5 Å². The van der Waals surface area contributed by atoms with Gasteiger partial charge in [0.05, 0.1) is 12.2 Å². The van der Waals surface area contributed by atoms with Crippen LogP contribution in [0.2, 0.25) is 5.02 Å². The van der Waals surface area contributed by atoms with Gasteiger partial charge in [-0.15, -0.1) is 0 Å². The first-order valence-electron chi connectivity index (χ1n) is 7.82. The summed E-state index contributed by atoms with van der Waals surface area (Å²) in [4.78, 5) is 30.2. The third-order valence-corrected chi connectivity index (χ3v) is 4.54. The summed E-state index contributed by atoms with van der Waals surface area (Å²) in [6.45, 7) is 6.60. The Morgan fingerprint density at radius 1 is 1.26 bits per heavy atom. The lowest BCUT2D eigenvalue weighted by Gasteiger charge is -2.36. The zero-order chi connectivity index (χ0) is 16.4. The van der Waals surface area contributed by atoms with E-state index in [1.165, 1.54) is 0 Å². The van der Waals surface area contributed by atoms with E-state index in [-0.39, 0.29) is 25.0 Å². The molecule has 1 aromatic carbocycles. The first-order chi connectivity index (χ1) is 11.1. The maximum absolute atomic E-state index is 12.5. The summed E-state index contributed by atoms with van der Waals surface area (Å²) in [5, 5.41) is 0.552. The van der Waals surface area contributed by atoms with Crippen LogP contribution < -0.4 is 9.64 Å². The highest BCUT2D eigenvalue weighted by molar-refractivity contribution is 6.31. The number of piperazine rings is 1. The van der Waals surface area contributed by atoms with Crippen LogP contribution in [0.4, 0.5) is 5.69 Å². The first kappa shape index (κ1) is 16.1. The van der Waals surface area contributed by atoms with Crippen molar-refractivity contribution >= 4 is 29.2 Å². The number of nitrogens with zero attached hydrogens (tertiary/aromatic N) is 3. The molecule has 23 heavy (non-hydrogen) atoms. The number of esters is 1. The minimum atomic E-state index is -0.358. The summed E-state index contributed by atoms with van der Waals surface area (Å²) in [6.07, 6.45) is 0. The van der Waals surface area contributed by atoms with Crippen molar-refractivity contribution in [2.45, 2.75) is 6.92 Å². The summed E-state index contributed by atoms with van der Waals surface area (Å²) >= 11 is 6.03. The Morgan fingerprint density at radius 2 is 2.00 bits per heavy atom. The van der Waals surface area contributed by atoms with E-state index < -0.39 is 0 Å². The van der Waals surface area contributed by atoms with Gasteiger partial charge < -0.3 is 19.4 Å². The third-order valence-electron chi connectivity index (χ3n) is 4.30. The van der Waals surface area contributed by atoms with Gasteiger partial charge in [-0.1, -0.05) is 18.5 Å². The van der Waals surface area contributed by atoms with E-state index in [1.54, 1.807) is 23.1 Å². The van der Waals surface area contributed by atoms with Crippen molar-refractivity contribution in [3.8, 4) is 5.75 Å². The largest absolute Gasteiger partial charge is 0.423 e. The Labute approximate surface area is 140 Å². The van der Waals surface area contributed by atoms with Gasteiger partial charge in [-0.2, -0.15) is 0 Å². The molecular formula is C16H20ClN3O3. The molecule has 2 aliphatic heterocycles. The van der Waals surface area contributed by atoms with Gasteiger partial charge in [0.15, 0.2) is 5.75 Å². The van der Waals surface area contributed by atoms with E-state index in [9.17, 15) is 9.59 Å². The lowest BCUT2D eigenvalue weighted by atomic mass is 10.2. The van der Waals surface area contributed by atoms with Crippen LogP contribution in [0.3, 0.4) is 0 Å². The summed E-state index contributed by atoms with van der Waals surface area (Å²) in [7, 11) is 0. The molecular weight excluding hydrogens is 318 g/mol. The minimum Gasteiger partial charge on any atom is -0.423 e. The standard InChI is InChI=1S/C16H20ClN3O3/c1-2-18-5-7-19(8-6-18)15(21)10-20-11-16(22)23-14-4-3-12(17)9-13(14)20/h3-4,9H,2,5-8,10-11H2,1H3. The van der Waals surface area contributed by atoms with E-state index >= 15 is 0 Å². The fraction of sp³-hybridized carbons (Fsp3) is 0.500. The number of carbonyl (C=O) groups is 2. The van der Waals surface area contributed by atoms with E-state index in [4.69, 9.17) is 16.3 Å². The number of benzene rings is 1. The Balaban J connectivity index is 1.69. The maximum atomic E-state index is 12.5. The van der Waals surface area contributed by atoms with E-state index in [0.717, 1.165) is 32.7 Å². The van der Waals surface area contributed by atoms with E-state index in [1.807, 2.05) is 4.90 Å². The lowest BCUT2D eigenvalue weighted by Crippen LogP contribution is -2.52. The zero-order valence-corrected chi connectivity index (χ0v) is 13.9. The predicted octanol–water partition coefficient (Wildman–Crippen LogP) is 1.23. The molecule has 1 saturated heterocycles. The molecule has 0 radical (unpaired) electrons. The highest BCUT2D eigenvalue weighted by Gasteiger charge is 2.28. The molecule has 2 heterocycles. The Bertz CT molecular complexity index is 615. The van der Waals surface area contributed by atoms with Crippen molar-refractivity contribution in [3.05, 3.63) is 23.2 Å². The van der Waals surface area contributed by atoms with Gasteiger partial charge >= 0.3 is 5.97 Å².